The fourth-order valence-corrected chi connectivity index (χ4v) is 3.57. The molecule has 0 bridgehead atoms. The summed E-state index contributed by atoms with van der Waals surface area (Å²) in [6.07, 6.45) is 3.01. The van der Waals surface area contributed by atoms with Crippen LogP contribution in [-0.4, -0.2) is 47.2 Å². The number of aryl methyl sites for hydroxylation is 1. The summed E-state index contributed by atoms with van der Waals surface area (Å²) in [6.45, 7) is 5.36. The summed E-state index contributed by atoms with van der Waals surface area (Å²) >= 11 is 0. The third kappa shape index (κ3) is 5.22. The van der Waals surface area contributed by atoms with E-state index in [1.807, 2.05) is 30.0 Å². The molecule has 1 aliphatic heterocycles. The van der Waals surface area contributed by atoms with Crippen LogP contribution >= 0.6 is 0 Å². The summed E-state index contributed by atoms with van der Waals surface area (Å²) in [4.78, 5) is 33.1. The van der Waals surface area contributed by atoms with Gasteiger partial charge in [-0.2, -0.15) is 4.98 Å². The van der Waals surface area contributed by atoms with Crippen LogP contribution in [0.15, 0.2) is 30.6 Å². The van der Waals surface area contributed by atoms with E-state index in [1.54, 1.807) is 6.92 Å². The van der Waals surface area contributed by atoms with Crippen LogP contribution in [0.2, 0.25) is 0 Å². The number of carbonyl (C=O) groups is 1. The summed E-state index contributed by atoms with van der Waals surface area (Å²) < 4.78 is 10.8. The highest BCUT2D eigenvalue weighted by Gasteiger charge is 2.32. The molecule has 3 rings (SSSR count). The van der Waals surface area contributed by atoms with Crippen LogP contribution in [-0.2, 0) is 16.0 Å². The molecule has 9 heteroatoms. The van der Waals surface area contributed by atoms with Gasteiger partial charge in [-0.15, -0.1) is 0 Å². The van der Waals surface area contributed by atoms with E-state index in [-0.39, 0.29) is 35.9 Å². The topological polar surface area (TPSA) is 108 Å². The van der Waals surface area contributed by atoms with E-state index in [9.17, 15) is 14.9 Å². The van der Waals surface area contributed by atoms with E-state index in [1.165, 1.54) is 6.33 Å². The van der Waals surface area contributed by atoms with Crippen LogP contribution < -0.4 is 9.64 Å². The minimum absolute atomic E-state index is 0.0369. The molecule has 0 amide bonds. The first-order chi connectivity index (χ1) is 14.5. The van der Waals surface area contributed by atoms with Crippen LogP contribution in [0.25, 0.3) is 0 Å². The van der Waals surface area contributed by atoms with Crippen molar-refractivity contribution in [1.29, 1.82) is 0 Å². The zero-order valence-corrected chi connectivity index (χ0v) is 17.2. The molecule has 2 aromatic rings. The number of piperidine rings is 1. The molecule has 0 spiro atoms. The Labute approximate surface area is 175 Å². The van der Waals surface area contributed by atoms with Gasteiger partial charge in [-0.3, -0.25) is 14.9 Å². The predicted octanol–water partition coefficient (Wildman–Crippen LogP) is 3.09. The normalized spacial score (nSPS) is 14.4. The number of hydrogen-bond donors (Lipinski definition) is 0. The van der Waals surface area contributed by atoms with Gasteiger partial charge in [0, 0.05) is 19.5 Å². The first-order valence-corrected chi connectivity index (χ1v) is 10.1. The largest absolute Gasteiger partial charge is 0.472 e. The van der Waals surface area contributed by atoms with Crippen molar-refractivity contribution in [3.8, 4) is 5.88 Å². The molecule has 30 heavy (non-hydrogen) atoms. The molecule has 0 N–H and O–H groups in total. The maximum absolute atomic E-state index is 11.9. The Balaban J connectivity index is 1.69. The lowest BCUT2D eigenvalue weighted by atomic mass is 9.97. The van der Waals surface area contributed by atoms with Crippen LogP contribution in [0, 0.1) is 23.0 Å². The summed E-state index contributed by atoms with van der Waals surface area (Å²) in [5.74, 6) is -0.213. The molecular formula is C21H26N4O5. The number of nitrogens with zero attached hydrogens (tertiary/aromatic N) is 4. The smallest absolute Gasteiger partial charge is 0.372 e. The van der Waals surface area contributed by atoms with Gasteiger partial charge in [0.05, 0.1) is 24.1 Å². The molecular weight excluding hydrogens is 388 g/mol. The average Bonchev–Trinajstić information content (AvgIpc) is 2.74. The van der Waals surface area contributed by atoms with Gasteiger partial charge in [-0.05, 0) is 32.3 Å². The lowest BCUT2D eigenvalue weighted by Crippen LogP contribution is -2.37. The van der Waals surface area contributed by atoms with Gasteiger partial charge in [0.25, 0.3) is 5.88 Å². The van der Waals surface area contributed by atoms with Crippen molar-refractivity contribution in [2.75, 3.05) is 31.2 Å². The van der Waals surface area contributed by atoms with Crippen molar-refractivity contribution in [3.05, 3.63) is 51.8 Å². The Kier molecular flexibility index (Phi) is 7.16. The molecule has 1 aliphatic rings. The number of nitro groups is 1. The number of ether oxygens (including phenoxy) is 2. The quantitative estimate of drug-likeness (QED) is 0.368. The second-order valence-corrected chi connectivity index (χ2v) is 7.21. The number of benzene rings is 1. The van der Waals surface area contributed by atoms with Crippen molar-refractivity contribution in [1.82, 2.24) is 9.97 Å². The second-order valence-electron chi connectivity index (χ2n) is 7.21. The average molecular weight is 414 g/mol. The lowest BCUT2D eigenvalue weighted by molar-refractivity contribution is -0.385. The summed E-state index contributed by atoms with van der Waals surface area (Å²) in [5.41, 5.74) is 2.00. The number of aromatic nitrogens is 2. The predicted molar refractivity (Wildman–Crippen MR) is 111 cm³/mol. The number of esters is 1. The maximum Gasteiger partial charge on any atom is 0.372 e. The van der Waals surface area contributed by atoms with Gasteiger partial charge in [0.2, 0.25) is 5.82 Å². The molecule has 1 aromatic carbocycles. The highest BCUT2D eigenvalue weighted by molar-refractivity contribution is 5.73. The Bertz CT molecular complexity index is 897. The molecule has 0 unspecified atom stereocenters. The molecule has 0 aliphatic carbocycles. The van der Waals surface area contributed by atoms with Crippen LogP contribution in [0.4, 0.5) is 11.5 Å². The zero-order valence-electron chi connectivity index (χ0n) is 17.2. The molecule has 2 heterocycles. The Hall–Kier alpha value is -3.23. The monoisotopic (exact) mass is 414 g/mol. The lowest BCUT2D eigenvalue weighted by Gasteiger charge is -2.31. The highest BCUT2D eigenvalue weighted by Crippen LogP contribution is 2.35. The molecule has 160 valence electrons. The van der Waals surface area contributed by atoms with Crippen molar-refractivity contribution >= 4 is 17.5 Å². The summed E-state index contributed by atoms with van der Waals surface area (Å²) in [7, 11) is 0. The minimum Gasteiger partial charge on any atom is -0.472 e. The SMILES string of the molecule is CCOC(=O)C1CCN(c2ncnc(OCCc3cccc(C)c3)c2[N+](=O)[O-])CC1. The third-order valence-corrected chi connectivity index (χ3v) is 5.08. The standard InChI is InChI=1S/C21H26N4O5/c1-3-29-21(26)17-7-10-24(11-8-17)19-18(25(27)28)20(23-14-22-19)30-12-9-16-6-4-5-15(2)13-16/h4-6,13-14,17H,3,7-12H2,1-2H3. The minimum atomic E-state index is -0.505. The van der Waals surface area contributed by atoms with Crippen molar-refractivity contribution < 1.29 is 19.2 Å². The molecule has 0 saturated carbocycles. The van der Waals surface area contributed by atoms with Gasteiger partial charge < -0.3 is 14.4 Å². The molecule has 9 nitrogen and oxygen atoms in total. The van der Waals surface area contributed by atoms with E-state index in [0.29, 0.717) is 39.0 Å². The fraction of sp³-hybridized carbons (Fsp3) is 0.476. The van der Waals surface area contributed by atoms with E-state index in [2.05, 4.69) is 16.0 Å². The Morgan fingerprint density at radius 3 is 2.73 bits per heavy atom. The molecule has 1 fully saturated rings. The zero-order chi connectivity index (χ0) is 21.5. The van der Waals surface area contributed by atoms with E-state index < -0.39 is 4.92 Å². The summed E-state index contributed by atoms with van der Waals surface area (Å²) in [5, 5.41) is 11.8. The number of carbonyl (C=O) groups excluding carboxylic acids is 1. The molecule has 1 saturated heterocycles. The van der Waals surface area contributed by atoms with E-state index in [4.69, 9.17) is 9.47 Å². The fourth-order valence-electron chi connectivity index (χ4n) is 3.57. The number of anilines is 1. The van der Waals surface area contributed by atoms with E-state index in [0.717, 1.165) is 11.1 Å². The van der Waals surface area contributed by atoms with Crippen molar-refractivity contribution in [2.24, 2.45) is 5.92 Å². The van der Waals surface area contributed by atoms with Crippen LogP contribution in [0.5, 0.6) is 5.88 Å². The van der Waals surface area contributed by atoms with Gasteiger partial charge in [-0.1, -0.05) is 29.8 Å². The van der Waals surface area contributed by atoms with Gasteiger partial charge in [0.1, 0.15) is 6.33 Å². The number of hydrogen-bond acceptors (Lipinski definition) is 8. The highest BCUT2D eigenvalue weighted by atomic mass is 16.6. The first kappa shape index (κ1) is 21.5. The van der Waals surface area contributed by atoms with E-state index >= 15 is 0 Å². The maximum atomic E-state index is 11.9. The Morgan fingerprint density at radius 1 is 1.30 bits per heavy atom. The molecule has 0 atom stereocenters. The van der Waals surface area contributed by atoms with Crippen LogP contribution in [0.1, 0.15) is 30.9 Å². The number of rotatable bonds is 8. The van der Waals surface area contributed by atoms with Gasteiger partial charge in [0.15, 0.2) is 0 Å². The Morgan fingerprint density at radius 2 is 2.07 bits per heavy atom. The second kappa shape index (κ2) is 10.00. The molecule has 0 radical (unpaired) electrons. The summed E-state index contributed by atoms with van der Waals surface area (Å²) in [6, 6.07) is 8.02. The van der Waals surface area contributed by atoms with Gasteiger partial charge in [-0.25, -0.2) is 4.98 Å². The van der Waals surface area contributed by atoms with Crippen molar-refractivity contribution in [2.45, 2.75) is 33.1 Å². The third-order valence-electron chi connectivity index (χ3n) is 5.08. The first-order valence-electron chi connectivity index (χ1n) is 10.1. The van der Waals surface area contributed by atoms with Gasteiger partial charge >= 0.3 is 11.7 Å². The van der Waals surface area contributed by atoms with Crippen molar-refractivity contribution in [3.63, 3.8) is 0 Å². The van der Waals surface area contributed by atoms with Crippen LogP contribution in [0.3, 0.4) is 0 Å². The molecule has 1 aromatic heterocycles.